The summed E-state index contributed by atoms with van der Waals surface area (Å²) in [6.45, 7) is 6.29. The molecule has 144 valence electrons. The van der Waals surface area contributed by atoms with Gasteiger partial charge in [0.2, 0.25) is 0 Å². The highest BCUT2D eigenvalue weighted by Gasteiger charge is 2.22. The largest absolute Gasteiger partial charge is 0.494 e. The van der Waals surface area contributed by atoms with Crippen molar-refractivity contribution in [3.63, 3.8) is 0 Å². The summed E-state index contributed by atoms with van der Waals surface area (Å²) in [5, 5.41) is 1.40. The van der Waals surface area contributed by atoms with Crippen LogP contribution in [0.3, 0.4) is 0 Å². The number of nitrogens with one attached hydrogen (secondary N) is 1. The molecule has 0 atom stereocenters. The molecule has 4 heteroatoms. The van der Waals surface area contributed by atoms with Crippen LogP contribution in [0.25, 0.3) is 10.9 Å². The highest BCUT2D eigenvalue weighted by atomic mass is 35.5. The Bertz CT molecular complexity index is 835. The number of fused-ring (bicyclic) bond motifs is 1. The van der Waals surface area contributed by atoms with Crippen LogP contribution in [0.2, 0.25) is 0 Å². The summed E-state index contributed by atoms with van der Waals surface area (Å²) in [4.78, 5) is 6.05. The molecule has 27 heavy (non-hydrogen) atoms. The average molecular weight is 385 g/mol. The number of piperidine rings is 1. The average Bonchev–Trinajstić information content (AvgIpc) is 3.12. The second-order valence-corrected chi connectivity index (χ2v) is 7.23. The monoisotopic (exact) mass is 384 g/mol. The lowest BCUT2D eigenvalue weighted by molar-refractivity contribution is 0.215. The zero-order valence-electron chi connectivity index (χ0n) is 16.0. The molecule has 0 bridgehead atoms. The van der Waals surface area contributed by atoms with Crippen molar-refractivity contribution in [2.24, 2.45) is 0 Å². The van der Waals surface area contributed by atoms with Gasteiger partial charge in [-0.25, -0.2) is 0 Å². The lowest BCUT2D eigenvalue weighted by atomic mass is 9.89. The maximum atomic E-state index is 5.52. The van der Waals surface area contributed by atoms with Crippen LogP contribution in [-0.4, -0.2) is 36.1 Å². The fraction of sp³-hybridized carbons (Fsp3) is 0.391. The van der Waals surface area contributed by atoms with E-state index in [-0.39, 0.29) is 12.4 Å². The standard InChI is InChI=1S/C23H28N2O.ClH/c1-2-26-20-9-7-18(8-10-20)11-14-25-15-12-19(13-16-25)22-17-24-23-6-4-3-5-21(22)23;/h3-10,17,19,24H,2,11-16H2,1H3;1H. The molecule has 1 saturated heterocycles. The Labute approximate surface area is 168 Å². The zero-order chi connectivity index (χ0) is 17.8. The van der Waals surface area contributed by atoms with E-state index < -0.39 is 0 Å². The SMILES string of the molecule is CCOc1ccc(CCN2CCC(c3c[nH]c4ccccc34)CC2)cc1.Cl. The highest BCUT2D eigenvalue weighted by Crippen LogP contribution is 2.33. The zero-order valence-corrected chi connectivity index (χ0v) is 16.8. The van der Waals surface area contributed by atoms with Gasteiger partial charge in [-0.1, -0.05) is 30.3 Å². The molecule has 1 fully saturated rings. The second kappa shape index (κ2) is 9.29. The molecule has 2 aromatic carbocycles. The normalized spacial score (nSPS) is 15.6. The first kappa shape index (κ1) is 19.8. The quantitative estimate of drug-likeness (QED) is 0.615. The molecule has 1 aliphatic rings. The Morgan fingerprint density at radius 3 is 2.52 bits per heavy atom. The molecule has 0 spiro atoms. The van der Waals surface area contributed by atoms with E-state index in [2.05, 4.69) is 64.6 Å². The number of rotatable bonds is 6. The van der Waals surface area contributed by atoms with Crippen LogP contribution in [0.5, 0.6) is 5.75 Å². The molecular weight excluding hydrogens is 356 g/mol. The number of hydrogen-bond acceptors (Lipinski definition) is 2. The first-order valence-corrected chi connectivity index (χ1v) is 9.83. The fourth-order valence-electron chi connectivity index (χ4n) is 4.11. The highest BCUT2D eigenvalue weighted by molar-refractivity contribution is 5.85. The Morgan fingerprint density at radius 2 is 1.78 bits per heavy atom. The second-order valence-electron chi connectivity index (χ2n) is 7.23. The first-order chi connectivity index (χ1) is 12.8. The van der Waals surface area contributed by atoms with Crippen LogP contribution >= 0.6 is 12.4 Å². The van der Waals surface area contributed by atoms with E-state index in [9.17, 15) is 0 Å². The number of benzene rings is 2. The molecule has 1 N–H and O–H groups in total. The third kappa shape index (κ3) is 4.66. The molecule has 0 aliphatic carbocycles. The van der Waals surface area contributed by atoms with E-state index in [1.807, 2.05) is 6.92 Å². The molecule has 0 saturated carbocycles. The fourth-order valence-corrected chi connectivity index (χ4v) is 4.11. The third-order valence-electron chi connectivity index (χ3n) is 5.60. The van der Waals surface area contributed by atoms with Crippen molar-refractivity contribution in [3.05, 3.63) is 65.9 Å². The Morgan fingerprint density at radius 1 is 1.04 bits per heavy atom. The Balaban J connectivity index is 0.00000210. The molecule has 1 aliphatic heterocycles. The van der Waals surface area contributed by atoms with Gasteiger partial charge in [0, 0.05) is 23.6 Å². The van der Waals surface area contributed by atoms with Crippen LogP contribution in [0.4, 0.5) is 0 Å². The van der Waals surface area contributed by atoms with E-state index in [0.29, 0.717) is 5.92 Å². The number of likely N-dealkylation sites (tertiary alicyclic amines) is 1. The summed E-state index contributed by atoms with van der Waals surface area (Å²) in [5.41, 5.74) is 4.17. The molecule has 3 nitrogen and oxygen atoms in total. The molecule has 2 heterocycles. The van der Waals surface area contributed by atoms with Crippen molar-refractivity contribution in [1.82, 2.24) is 9.88 Å². The van der Waals surface area contributed by atoms with E-state index in [4.69, 9.17) is 4.74 Å². The van der Waals surface area contributed by atoms with Crippen LogP contribution in [0.1, 0.15) is 36.8 Å². The predicted molar refractivity (Wildman–Crippen MR) is 115 cm³/mol. The minimum atomic E-state index is 0. The van der Waals surface area contributed by atoms with Gasteiger partial charge < -0.3 is 14.6 Å². The van der Waals surface area contributed by atoms with Gasteiger partial charge in [-0.2, -0.15) is 0 Å². The van der Waals surface area contributed by atoms with E-state index in [1.54, 1.807) is 0 Å². The van der Waals surface area contributed by atoms with Gasteiger partial charge in [0.05, 0.1) is 6.61 Å². The van der Waals surface area contributed by atoms with Gasteiger partial charge in [0.25, 0.3) is 0 Å². The number of nitrogens with zero attached hydrogens (tertiary/aromatic N) is 1. The first-order valence-electron chi connectivity index (χ1n) is 9.83. The van der Waals surface area contributed by atoms with Crippen molar-refractivity contribution in [1.29, 1.82) is 0 Å². The van der Waals surface area contributed by atoms with Crippen molar-refractivity contribution in [2.75, 3.05) is 26.2 Å². The molecule has 3 aromatic rings. The maximum absolute atomic E-state index is 5.52. The van der Waals surface area contributed by atoms with Crippen molar-refractivity contribution >= 4 is 23.3 Å². The molecule has 0 unspecified atom stereocenters. The van der Waals surface area contributed by atoms with Crippen molar-refractivity contribution in [2.45, 2.75) is 32.1 Å². The van der Waals surface area contributed by atoms with Gasteiger partial charge in [0.1, 0.15) is 5.75 Å². The van der Waals surface area contributed by atoms with Crippen LogP contribution in [-0.2, 0) is 6.42 Å². The summed E-state index contributed by atoms with van der Waals surface area (Å²) >= 11 is 0. The summed E-state index contributed by atoms with van der Waals surface area (Å²) < 4.78 is 5.52. The van der Waals surface area contributed by atoms with Crippen LogP contribution in [0, 0.1) is 0 Å². The number of ether oxygens (including phenoxy) is 1. The Kier molecular flexibility index (Phi) is 6.81. The van der Waals surface area contributed by atoms with Gasteiger partial charge >= 0.3 is 0 Å². The van der Waals surface area contributed by atoms with Crippen LogP contribution in [0.15, 0.2) is 54.7 Å². The molecule has 4 rings (SSSR count). The van der Waals surface area contributed by atoms with Crippen LogP contribution < -0.4 is 4.74 Å². The minimum absolute atomic E-state index is 0. The van der Waals surface area contributed by atoms with Crippen molar-refractivity contribution in [3.8, 4) is 5.75 Å². The third-order valence-corrected chi connectivity index (χ3v) is 5.60. The Hall–Kier alpha value is -1.97. The smallest absolute Gasteiger partial charge is 0.119 e. The number of halogens is 1. The number of aromatic amines is 1. The van der Waals surface area contributed by atoms with E-state index in [0.717, 1.165) is 25.3 Å². The molecule has 0 radical (unpaired) electrons. The number of H-pyrrole nitrogens is 1. The molecule has 0 amide bonds. The lowest BCUT2D eigenvalue weighted by Crippen LogP contribution is -2.34. The van der Waals surface area contributed by atoms with Gasteiger partial charge in [-0.05, 0) is 74.5 Å². The van der Waals surface area contributed by atoms with Crippen molar-refractivity contribution < 1.29 is 4.74 Å². The summed E-state index contributed by atoms with van der Waals surface area (Å²) in [5.74, 6) is 1.66. The van der Waals surface area contributed by atoms with Gasteiger partial charge in [0.15, 0.2) is 0 Å². The number of aromatic nitrogens is 1. The van der Waals surface area contributed by atoms with E-state index >= 15 is 0 Å². The molecule has 1 aromatic heterocycles. The van der Waals surface area contributed by atoms with Gasteiger partial charge in [-0.3, -0.25) is 0 Å². The summed E-state index contributed by atoms with van der Waals surface area (Å²) in [6, 6.07) is 17.2. The number of para-hydroxylation sites is 1. The van der Waals surface area contributed by atoms with Gasteiger partial charge in [-0.15, -0.1) is 12.4 Å². The topological polar surface area (TPSA) is 28.3 Å². The maximum Gasteiger partial charge on any atom is 0.119 e. The van der Waals surface area contributed by atoms with E-state index in [1.165, 1.54) is 48.0 Å². The minimum Gasteiger partial charge on any atom is -0.494 e. The summed E-state index contributed by atoms with van der Waals surface area (Å²) in [6.07, 6.45) is 5.85. The molecular formula is C23H29ClN2O. The number of hydrogen-bond donors (Lipinski definition) is 1. The lowest BCUT2D eigenvalue weighted by Gasteiger charge is -2.32. The summed E-state index contributed by atoms with van der Waals surface area (Å²) in [7, 11) is 0. The predicted octanol–water partition coefficient (Wildman–Crippen LogP) is 5.41.